The Balaban J connectivity index is 1.81. The molecule has 0 amide bonds. The van der Waals surface area contributed by atoms with Crippen LogP contribution in [0.4, 0.5) is 11.6 Å². The highest BCUT2D eigenvalue weighted by Crippen LogP contribution is 2.22. The molecule has 136 valence electrons. The molecule has 0 aliphatic rings. The van der Waals surface area contributed by atoms with E-state index in [1.54, 1.807) is 24.4 Å². The van der Waals surface area contributed by atoms with Crippen LogP contribution in [0.5, 0.6) is 0 Å². The van der Waals surface area contributed by atoms with Gasteiger partial charge in [-0.05, 0) is 54.6 Å². The van der Waals surface area contributed by atoms with E-state index in [0.717, 1.165) is 22.5 Å². The molecule has 0 radical (unpaired) electrons. The van der Waals surface area contributed by atoms with Gasteiger partial charge in [-0.15, -0.1) is 0 Å². The third kappa shape index (κ3) is 4.59. The molecule has 6 heteroatoms. The fourth-order valence-electron chi connectivity index (χ4n) is 2.77. The van der Waals surface area contributed by atoms with Crippen LogP contribution in [0.15, 0.2) is 66.9 Å². The van der Waals surface area contributed by atoms with Gasteiger partial charge in [0.15, 0.2) is 0 Å². The summed E-state index contributed by atoms with van der Waals surface area (Å²) in [5.74, 6) is 0.482. The van der Waals surface area contributed by atoms with Gasteiger partial charge in [0.2, 0.25) is 5.95 Å². The molecule has 1 heterocycles. The minimum absolute atomic E-state index is 0.0986. The Morgan fingerprint density at radius 3 is 2.39 bits per heavy atom. The van der Waals surface area contributed by atoms with Crippen molar-refractivity contribution in [3.8, 4) is 12.1 Å². The molecule has 0 saturated heterocycles. The highest BCUT2D eigenvalue weighted by Gasteiger charge is 2.14. The van der Waals surface area contributed by atoms with Crippen molar-refractivity contribution >= 4 is 17.7 Å². The Morgan fingerprint density at radius 1 is 1.00 bits per heavy atom. The molecular weight excluding hydrogens is 348 g/mol. The molecule has 0 fully saturated rings. The van der Waals surface area contributed by atoms with Gasteiger partial charge >= 0.3 is 0 Å². The zero-order valence-corrected chi connectivity index (χ0v) is 15.3. The van der Waals surface area contributed by atoms with Crippen molar-refractivity contribution in [1.29, 1.82) is 10.5 Å². The van der Waals surface area contributed by atoms with Gasteiger partial charge in [0.1, 0.15) is 0 Å². The smallest absolute Gasteiger partial charge is 0.227 e. The van der Waals surface area contributed by atoms with Gasteiger partial charge in [-0.2, -0.15) is 10.5 Å². The predicted octanol–water partition coefficient (Wildman–Crippen LogP) is 3.94. The molecule has 0 saturated carbocycles. The van der Waals surface area contributed by atoms with Crippen molar-refractivity contribution in [3.05, 3.63) is 89.3 Å². The third-order valence-corrected chi connectivity index (χ3v) is 4.15. The summed E-state index contributed by atoms with van der Waals surface area (Å²) in [6, 6.07) is 20.9. The van der Waals surface area contributed by atoms with Crippen LogP contribution in [0.2, 0.25) is 0 Å². The van der Waals surface area contributed by atoms with Crippen molar-refractivity contribution in [2.24, 2.45) is 0 Å². The standard InChI is InChI=1S/C22H18N6/c1-25-21(18-8-4-16(5-9-18)3-2-13-23)20-12-14-26-22(28-20)27-19-10-6-17(15-24)7-11-19/h2-12,14,21,25H,1H3,(H,26,27,28)/b3-2+. The van der Waals surface area contributed by atoms with Crippen LogP contribution in [0, 0.1) is 22.7 Å². The lowest BCUT2D eigenvalue weighted by atomic mass is 10.0. The predicted molar refractivity (Wildman–Crippen MR) is 108 cm³/mol. The highest BCUT2D eigenvalue weighted by molar-refractivity contribution is 5.55. The van der Waals surface area contributed by atoms with Crippen molar-refractivity contribution in [1.82, 2.24) is 15.3 Å². The van der Waals surface area contributed by atoms with Gasteiger partial charge in [0, 0.05) is 18.0 Å². The summed E-state index contributed by atoms with van der Waals surface area (Å²) in [5, 5.41) is 24.0. The largest absolute Gasteiger partial charge is 0.324 e. The Labute approximate surface area is 163 Å². The van der Waals surface area contributed by atoms with Crippen LogP contribution in [0.25, 0.3) is 6.08 Å². The van der Waals surface area contributed by atoms with Gasteiger partial charge in [-0.25, -0.2) is 9.97 Å². The number of benzene rings is 2. The molecule has 28 heavy (non-hydrogen) atoms. The Kier molecular flexibility index (Phi) is 6.10. The van der Waals surface area contributed by atoms with Gasteiger partial charge in [-0.1, -0.05) is 24.3 Å². The number of hydrogen-bond donors (Lipinski definition) is 2. The van der Waals surface area contributed by atoms with E-state index < -0.39 is 0 Å². The average Bonchev–Trinajstić information content (AvgIpc) is 2.74. The van der Waals surface area contributed by atoms with E-state index in [4.69, 9.17) is 10.5 Å². The molecular formula is C22H18N6. The summed E-state index contributed by atoms with van der Waals surface area (Å²) in [6.07, 6.45) is 4.93. The van der Waals surface area contributed by atoms with E-state index in [1.807, 2.05) is 55.6 Å². The lowest BCUT2D eigenvalue weighted by molar-refractivity contribution is 0.669. The van der Waals surface area contributed by atoms with Crippen molar-refractivity contribution < 1.29 is 0 Å². The van der Waals surface area contributed by atoms with Crippen LogP contribution in [0.1, 0.15) is 28.4 Å². The monoisotopic (exact) mass is 366 g/mol. The molecule has 3 rings (SSSR count). The Morgan fingerprint density at radius 2 is 1.75 bits per heavy atom. The summed E-state index contributed by atoms with van der Waals surface area (Å²) in [7, 11) is 1.88. The molecule has 0 aliphatic heterocycles. The second-order valence-electron chi connectivity index (χ2n) is 5.97. The van der Waals surface area contributed by atoms with Gasteiger partial charge in [0.05, 0.1) is 29.4 Å². The molecule has 1 aromatic heterocycles. The second-order valence-corrected chi connectivity index (χ2v) is 5.97. The summed E-state index contributed by atoms with van der Waals surface area (Å²) < 4.78 is 0. The average molecular weight is 366 g/mol. The maximum absolute atomic E-state index is 8.89. The zero-order valence-electron chi connectivity index (χ0n) is 15.3. The van der Waals surface area contributed by atoms with E-state index in [0.29, 0.717) is 11.5 Å². The van der Waals surface area contributed by atoms with Crippen LogP contribution in [-0.2, 0) is 0 Å². The first-order valence-electron chi connectivity index (χ1n) is 8.67. The van der Waals surface area contributed by atoms with E-state index in [9.17, 15) is 0 Å². The summed E-state index contributed by atoms with van der Waals surface area (Å²) in [4.78, 5) is 8.90. The number of hydrogen-bond acceptors (Lipinski definition) is 6. The molecule has 3 aromatic rings. The summed E-state index contributed by atoms with van der Waals surface area (Å²) in [6.45, 7) is 0. The number of nitriles is 2. The molecule has 1 unspecified atom stereocenters. The molecule has 0 spiro atoms. The third-order valence-electron chi connectivity index (χ3n) is 4.15. The number of allylic oxidation sites excluding steroid dienone is 1. The van der Waals surface area contributed by atoms with Crippen molar-refractivity contribution in [2.75, 3.05) is 12.4 Å². The minimum atomic E-state index is -0.0986. The molecule has 0 bridgehead atoms. The minimum Gasteiger partial charge on any atom is -0.324 e. The molecule has 6 nitrogen and oxygen atoms in total. The van der Waals surface area contributed by atoms with Gasteiger partial charge < -0.3 is 10.6 Å². The number of rotatable bonds is 6. The molecule has 0 aliphatic carbocycles. The SMILES string of the molecule is CNC(c1ccc(/C=C/C#N)cc1)c1ccnc(Nc2ccc(C#N)cc2)n1. The van der Waals surface area contributed by atoms with Crippen molar-refractivity contribution in [3.63, 3.8) is 0 Å². The fourth-order valence-corrected chi connectivity index (χ4v) is 2.77. The molecule has 1 atom stereocenters. The fraction of sp³-hybridized carbons (Fsp3) is 0.0909. The highest BCUT2D eigenvalue weighted by atomic mass is 15.1. The first kappa shape index (κ1) is 18.8. The van der Waals surface area contributed by atoms with E-state index in [1.165, 1.54) is 6.08 Å². The summed E-state index contributed by atoms with van der Waals surface area (Å²) >= 11 is 0. The Hall–Kier alpha value is -4.00. The quantitative estimate of drug-likeness (QED) is 0.641. The van der Waals surface area contributed by atoms with Crippen LogP contribution in [-0.4, -0.2) is 17.0 Å². The van der Waals surface area contributed by atoms with Gasteiger partial charge in [0.25, 0.3) is 0 Å². The number of nitrogens with one attached hydrogen (secondary N) is 2. The first-order valence-corrected chi connectivity index (χ1v) is 8.67. The maximum Gasteiger partial charge on any atom is 0.227 e. The Bertz CT molecular complexity index is 1040. The normalized spacial score (nSPS) is 11.5. The van der Waals surface area contributed by atoms with Crippen molar-refractivity contribution in [2.45, 2.75) is 6.04 Å². The van der Waals surface area contributed by atoms with Crippen LogP contribution in [0.3, 0.4) is 0 Å². The van der Waals surface area contributed by atoms with E-state index in [2.05, 4.69) is 26.7 Å². The van der Waals surface area contributed by atoms with E-state index >= 15 is 0 Å². The number of aromatic nitrogens is 2. The summed E-state index contributed by atoms with van der Waals surface area (Å²) in [5.41, 5.74) is 4.26. The van der Waals surface area contributed by atoms with E-state index in [-0.39, 0.29) is 6.04 Å². The lowest BCUT2D eigenvalue weighted by Gasteiger charge is -2.17. The zero-order chi connectivity index (χ0) is 19.8. The first-order chi connectivity index (χ1) is 13.7. The number of nitrogens with zero attached hydrogens (tertiary/aromatic N) is 4. The molecule has 2 N–H and O–H groups in total. The van der Waals surface area contributed by atoms with Gasteiger partial charge in [-0.3, -0.25) is 0 Å². The molecule has 2 aromatic carbocycles. The second kappa shape index (κ2) is 9.09. The maximum atomic E-state index is 8.89. The topological polar surface area (TPSA) is 97.4 Å². The lowest BCUT2D eigenvalue weighted by Crippen LogP contribution is -2.19. The number of anilines is 2. The van der Waals surface area contributed by atoms with Crippen LogP contribution < -0.4 is 10.6 Å². The van der Waals surface area contributed by atoms with Crippen LogP contribution >= 0.6 is 0 Å².